The molecular weight excluding hydrogens is 308 g/mol. The summed E-state index contributed by atoms with van der Waals surface area (Å²) in [5.41, 5.74) is 2.05. The van der Waals surface area contributed by atoms with Gasteiger partial charge in [0.25, 0.3) is 0 Å². The summed E-state index contributed by atoms with van der Waals surface area (Å²) >= 11 is 1.60. The quantitative estimate of drug-likeness (QED) is 0.865. The zero-order chi connectivity index (χ0) is 16.4. The topological polar surface area (TPSA) is 49.3 Å². The van der Waals surface area contributed by atoms with Crippen molar-refractivity contribution in [3.05, 3.63) is 40.0 Å². The van der Waals surface area contributed by atoms with Crippen LogP contribution in [0.15, 0.2) is 23.7 Å². The number of thiazole rings is 1. The fraction of sp³-hybridized carbons (Fsp3) is 0.471. The van der Waals surface area contributed by atoms with Crippen LogP contribution < -0.4 is 4.90 Å². The van der Waals surface area contributed by atoms with Gasteiger partial charge in [-0.25, -0.2) is 9.97 Å². The lowest BCUT2D eigenvalue weighted by molar-refractivity contribution is -0.131. The molecule has 1 saturated heterocycles. The first-order valence-electron chi connectivity index (χ1n) is 7.88. The van der Waals surface area contributed by atoms with E-state index < -0.39 is 0 Å². The summed E-state index contributed by atoms with van der Waals surface area (Å²) in [7, 11) is 3.96. The molecule has 0 bridgehead atoms. The SMILES string of the molecule is Cc1nc(CC(=O)N2CCC[C@H]2c2ccnc(N(C)C)c2)cs1. The van der Waals surface area contributed by atoms with Crippen molar-refractivity contribution in [2.75, 3.05) is 25.5 Å². The lowest BCUT2D eigenvalue weighted by Crippen LogP contribution is -2.32. The highest BCUT2D eigenvalue weighted by Gasteiger charge is 2.30. The summed E-state index contributed by atoms with van der Waals surface area (Å²) in [4.78, 5) is 25.5. The van der Waals surface area contributed by atoms with Gasteiger partial charge in [-0.15, -0.1) is 11.3 Å². The second-order valence-electron chi connectivity index (χ2n) is 6.12. The average Bonchev–Trinajstić information content (AvgIpc) is 3.16. The van der Waals surface area contributed by atoms with Crippen molar-refractivity contribution in [2.45, 2.75) is 32.2 Å². The number of anilines is 1. The summed E-state index contributed by atoms with van der Waals surface area (Å²) < 4.78 is 0. The van der Waals surface area contributed by atoms with E-state index in [1.165, 1.54) is 5.56 Å². The van der Waals surface area contributed by atoms with E-state index in [9.17, 15) is 4.79 Å². The van der Waals surface area contributed by atoms with Gasteiger partial charge in [0.15, 0.2) is 0 Å². The number of rotatable bonds is 4. The zero-order valence-corrected chi connectivity index (χ0v) is 14.6. The van der Waals surface area contributed by atoms with Crippen molar-refractivity contribution in [3.63, 3.8) is 0 Å². The Hall–Kier alpha value is -1.95. The van der Waals surface area contributed by atoms with E-state index in [2.05, 4.69) is 16.0 Å². The third kappa shape index (κ3) is 3.52. The van der Waals surface area contributed by atoms with Gasteiger partial charge in [-0.1, -0.05) is 0 Å². The number of likely N-dealkylation sites (tertiary alicyclic amines) is 1. The molecule has 0 spiro atoms. The first-order chi connectivity index (χ1) is 11.0. The van der Waals surface area contributed by atoms with E-state index in [1.807, 2.05) is 48.5 Å². The van der Waals surface area contributed by atoms with Crippen LogP contribution in [0.1, 0.15) is 35.1 Å². The number of aryl methyl sites for hydroxylation is 1. The first kappa shape index (κ1) is 15.9. The number of carbonyl (C=O) groups is 1. The van der Waals surface area contributed by atoms with E-state index >= 15 is 0 Å². The third-order valence-corrected chi connectivity index (χ3v) is 5.01. The number of amides is 1. The molecule has 1 aliphatic heterocycles. The minimum absolute atomic E-state index is 0.156. The van der Waals surface area contributed by atoms with Gasteiger partial charge in [0, 0.05) is 32.2 Å². The van der Waals surface area contributed by atoms with Crippen LogP contribution in [0.25, 0.3) is 0 Å². The monoisotopic (exact) mass is 330 g/mol. The Morgan fingerprint density at radius 3 is 3.00 bits per heavy atom. The van der Waals surface area contributed by atoms with Crippen LogP contribution in [0.2, 0.25) is 0 Å². The largest absolute Gasteiger partial charge is 0.363 e. The van der Waals surface area contributed by atoms with E-state index in [1.54, 1.807) is 11.3 Å². The summed E-state index contributed by atoms with van der Waals surface area (Å²) in [6.45, 7) is 2.79. The van der Waals surface area contributed by atoms with Crippen LogP contribution in [-0.4, -0.2) is 41.4 Å². The summed E-state index contributed by atoms with van der Waals surface area (Å²) in [5, 5.41) is 2.99. The van der Waals surface area contributed by atoms with Crippen LogP contribution in [0, 0.1) is 6.92 Å². The zero-order valence-electron chi connectivity index (χ0n) is 13.8. The Morgan fingerprint density at radius 1 is 1.48 bits per heavy atom. The molecule has 2 aromatic rings. The highest BCUT2D eigenvalue weighted by molar-refractivity contribution is 7.09. The van der Waals surface area contributed by atoms with Crippen molar-refractivity contribution in [1.82, 2.24) is 14.9 Å². The van der Waals surface area contributed by atoms with Crippen molar-refractivity contribution in [1.29, 1.82) is 0 Å². The molecule has 0 aliphatic carbocycles. The summed E-state index contributed by atoms with van der Waals surface area (Å²) in [6.07, 6.45) is 4.28. The molecule has 0 aromatic carbocycles. The summed E-state index contributed by atoms with van der Waals surface area (Å²) in [6, 6.07) is 4.27. The molecular formula is C17H22N4OS. The Bertz CT molecular complexity index is 697. The molecule has 0 radical (unpaired) electrons. The van der Waals surface area contributed by atoms with E-state index in [0.717, 1.165) is 35.9 Å². The molecule has 3 rings (SSSR count). The van der Waals surface area contributed by atoms with Crippen molar-refractivity contribution in [3.8, 4) is 0 Å². The van der Waals surface area contributed by atoms with Gasteiger partial charge in [0.2, 0.25) is 5.91 Å². The molecule has 0 saturated carbocycles. The van der Waals surface area contributed by atoms with Crippen molar-refractivity contribution >= 4 is 23.1 Å². The smallest absolute Gasteiger partial charge is 0.229 e. The molecule has 5 nitrogen and oxygen atoms in total. The minimum atomic E-state index is 0.156. The minimum Gasteiger partial charge on any atom is -0.363 e. The van der Waals surface area contributed by atoms with Gasteiger partial charge < -0.3 is 9.80 Å². The molecule has 2 aromatic heterocycles. The third-order valence-electron chi connectivity index (χ3n) is 4.18. The Labute approximate surface area is 141 Å². The molecule has 3 heterocycles. The lowest BCUT2D eigenvalue weighted by atomic mass is 10.1. The fourth-order valence-electron chi connectivity index (χ4n) is 3.04. The van der Waals surface area contributed by atoms with Crippen LogP contribution in [0.5, 0.6) is 0 Å². The average molecular weight is 330 g/mol. The predicted octanol–water partition coefficient (Wildman–Crippen LogP) is 2.82. The standard InChI is InChI=1S/C17H22N4OS/c1-12-19-14(11-23-12)10-17(22)21-8-4-5-15(21)13-6-7-18-16(9-13)20(2)3/h6-7,9,11,15H,4-5,8,10H2,1-3H3/t15-/m0/s1. The van der Waals surface area contributed by atoms with E-state index in [0.29, 0.717) is 6.42 Å². The molecule has 1 amide bonds. The molecule has 1 aliphatic rings. The summed E-state index contributed by atoms with van der Waals surface area (Å²) in [5.74, 6) is 1.10. The maximum atomic E-state index is 12.7. The maximum Gasteiger partial charge on any atom is 0.229 e. The van der Waals surface area contributed by atoms with E-state index in [4.69, 9.17) is 0 Å². The molecule has 1 fully saturated rings. The number of aromatic nitrogens is 2. The molecule has 6 heteroatoms. The predicted molar refractivity (Wildman–Crippen MR) is 92.8 cm³/mol. The number of carbonyl (C=O) groups excluding carboxylic acids is 1. The maximum absolute atomic E-state index is 12.7. The molecule has 23 heavy (non-hydrogen) atoms. The van der Waals surface area contributed by atoms with Gasteiger partial charge >= 0.3 is 0 Å². The number of pyridine rings is 1. The van der Waals surface area contributed by atoms with Crippen LogP contribution in [-0.2, 0) is 11.2 Å². The van der Waals surface area contributed by atoms with Crippen molar-refractivity contribution in [2.24, 2.45) is 0 Å². The number of hydrogen-bond acceptors (Lipinski definition) is 5. The van der Waals surface area contributed by atoms with Gasteiger partial charge in [0.05, 0.1) is 23.2 Å². The Morgan fingerprint density at radius 2 is 2.30 bits per heavy atom. The van der Waals surface area contributed by atoms with Crippen molar-refractivity contribution < 1.29 is 4.79 Å². The lowest BCUT2D eigenvalue weighted by Gasteiger charge is -2.25. The fourth-order valence-corrected chi connectivity index (χ4v) is 3.66. The van der Waals surface area contributed by atoms with Gasteiger partial charge in [-0.2, -0.15) is 0 Å². The Balaban J connectivity index is 1.77. The van der Waals surface area contributed by atoms with Crippen LogP contribution in [0.4, 0.5) is 5.82 Å². The second-order valence-corrected chi connectivity index (χ2v) is 7.18. The number of nitrogens with zero attached hydrogens (tertiary/aromatic N) is 4. The molecule has 0 unspecified atom stereocenters. The number of hydrogen-bond donors (Lipinski definition) is 0. The van der Waals surface area contributed by atoms with E-state index in [-0.39, 0.29) is 11.9 Å². The normalized spacial score (nSPS) is 17.5. The van der Waals surface area contributed by atoms with Gasteiger partial charge in [-0.3, -0.25) is 4.79 Å². The Kier molecular flexibility index (Phi) is 4.61. The molecule has 1 atom stereocenters. The van der Waals surface area contributed by atoms with Gasteiger partial charge in [0.1, 0.15) is 5.82 Å². The van der Waals surface area contributed by atoms with Gasteiger partial charge in [-0.05, 0) is 37.5 Å². The highest BCUT2D eigenvalue weighted by Crippen LogP contribution is 2.33. The highest BCUT2D eigenvalue weighted by atomic mass is 32.1. The molecule has 122 valence electrons. The molecule has 0 N–H and O–H groups in total. The van der Waals surface area contributed by atoms with Crippen LogP contribution in [0.3, 0.4) is 0 Å². The van der Waals surface area contributed by atoms with Crippen LogP contribution >= 0.6 is 11.3 Å². The second kappa shape index (κ2) is 6.66. The first-order valence-corrected chi connectivity index (χ1v) is 8.76.